The van der Waals surface area contributed by atoms with Gasteiger partial charge in [-0.25, -0.2) is 4.79 Å². The van der Waals surface area contributed by atoms with E-state index in [1.807, 2.05) is 0 Å². The fourth-order valence-corrected chi connectivity index (χ4v) is 2.38. The summed E-state index contributed by atoms with van der Waals surface area (Å²) in [5.74, 6) is -1.24. The first-order valence-electron chi connectivity index (χ1n) is 7.46. The smallest absolute Gasteiger partial charge is 0.341 e. The van der Waals surface area contributed by atoms with Crippen molar-refractivity contribution >= 4 is 45.0 Å². The van der Waals surface area contributed by atoms with Crippen LogP contribution in [0.15, 0.2) is 46.9 Å². The molecule has 0 unspecified atom stereocenters. The Morgan fingerprint density at radius 3 is 2.36 bits per heavy atom. The molecule has 0 saturated heterocycles. The Kier molecular flexibility index (Phi) is 5.93. The molecule has 2 aromatic rings. The van der Waals surface area contributed by atoms with E-state index in [1.165, 1.54) is 19.9 Å². The van der Waals surface area contributed by atoms with Gasteiger partial charge in [-0.15, -0.1) is 0 Å². The van der Waals surface area contributed by atoms with Crippen LogP contribution in [0, 0.1) is 0 Å². The second-order valence-electron chi connectivity index (χ2n) is 5.40. The molecular weight excluding hydrogens is 388 g/mol. The van der Waals surface area contributed by atoms with Crippen LogP contribution in [0.4, 0.5) is 11.4 Å². The van der Waals surface area contributed by atoms with Gasteiger partial charge in [0.25, 0.3) is 5.91 Å². The maximum atomic E-state index is 12.2. The van der Waals surface area contributed by atoms with Crippen LogP contribution in [0.3, 0.4) is 0 Å². The number of halogens is 1. The van der Waals surface area contributed by atoms with Gasteiger partial charge < -0.3 is 15.8 Å². The molecule has 0 aliphatic rings. The number of hydrogen-bond donors (Lipinski definition) is 2. The van der Waals surface area contributed by atoms with Crippen LogP contribution in [0.1, 0.15) is 34.6 Å². The fraction of sp³-hybridized carbons (Fsp3) is 0.167. The molecule has 2 aromatic carbocycles. The summed E-state index contributed by atoms with van der Waals surface area (Å²) < 4.78 is 5.84. The second-order valence-corrected chi connectivity index (χ2v) is 6.32. The largest absolute Gasteiger partial charge is 0.449 e. The third-order valence-corrected chi connectivity index (χ3v) is 3.94. The maximum Gasteiger partial charge on any atom is 0.341 e. The number of rotatable bonds is 5. The molecule has 25 heavy (non-hydrogen) atoms. The molecule has 0 aliphatic carbocycles. The lowest BCUT2D eigenvalue weighted by Crippen LogP contribution is -2.30. The third-order valence-electron chi connectivity index (χ3n) is 3.45. The molecule has 7 heteroatoms. The summed E-state index contributed by atoms with van der Waals surface area (Å²) in [6, 6.07) is 11.2. The summed E-state index contributed by atoms with van der Waals surface area (Å²) >= 11 is 3.25. The number of nitrogens with one attached hydrogen (secondary N) is 1. The lowest BCUT2D eigenvalue weighted by Gasteiger charge is -2.14. The number of hydrogen-bond acceptors (Lipinski definition) is 5. The van der Waals surface area contributed by atoms with Crippen molar-refractivity contribution < 1.29 is 19.1 Å². The first-order chi connectivity index (χ1) is 11.8. The number of ether oxygens (including phenoxy) is 1. The predicted octanol–water partition coefficient (Wildman–Crippen LogP) is 3.42. The van der Waals surface area contributed by atoms with Gasteiger partial charge in [-0.3, -0.25) is 9.59 Å². The van der Waals surface area contributed by atoms with Gasteiger partial charge in [0.2, 0.25) is 0 Å². The monoisotopic (exact) mass is 404 g/mol. The first-order valence-corrected chi connectivity index (χ1v) is 8.25. The van der Waals surface area contributed by atoms with E-state index in [-0.39, 0.29) is 17.0 Å². The molecule has 1 amide bonds. The van der Waals surface area contributed by atoms with E-state index in [2.05, 4.69) is 21.2 Å². The predicted molar refractivity (Wildman–Crippen MR) is 98.5 cm³/mol. The SMILES string of the molecule is CC(=O)c1ccc(NC(=O)[C@@H](C)OC(=O)c2cc(Br)ccc2N)cc1. The van der Waals surface area contributed by atoms with Gasteiger partial charge in [0.15, 0.2) is 11.9 Å². The van der Waals surface area contributed by atoms with Crippen LogP contribution in [0.5, 0.6) is 0 Å². The van der Waals surface area contributed by atoms with Crippen molar-refractivity contribution in [2.45, 2.75) is 20.0 Å². The van der Waals surface area contributed by atoms with Crippen LogP contribution < -0.4 is 11.1 Å². The Hall–Kier alpha value is -2.67. The average Bonchev–Trinajstić information content (AvgIpc) is 2.57. The molecule has 0 spiro atoms. The highest BCUT2D eigenvalue weighted by molar-refractivity contribution is 9.10. The molecule has 130 valence electrons. The molecule has 3 N–H and O–H groups in total. The van der Waals surface area contributed by atoms with Crippen LogP contribution in [-0.2, 0) is 9.53 Å². The van der Waals surface area contributed by atoms with Gasteiger partial charge in [-0.2, -0.15) is 0 Å². The number of nitrogens with two attached hydrogens (primary N) is 1. The number of esters is 1. The standard InChI is InChI=1S/C18H17BrN2O4/c1-10(22)12-3-6-14(7-4-12)21-17(23)11(2)25-18(24)15-9-13(19)5-8-16(15)20/h3-9,11H,20H2,1-2H3,(H,21,23)/t11-/m1/s1. The van der Waals surface area contributed by atoms with Crippen molar-refractivity contribution in [2.75, 3.05) is 11.1 Å². The van der Waals surface area contributed by atoms with Gasteiger partial charge >= 0.3 is 5.97 Å². The number of carbonyl (C=O) groups excluding carboxylic acids is 3. The van der Waals surface area contributed by atoms with E-state index in [4.69, 9.17) is 10.5 Å². The summed E-state index contributed by atoms with van der Waals surface area (Å²) in [5, 5.41) is 2.62. The van der Waals surface area contributed by atoms with Crippen LogP contribution in [0.2, 0.25) is 0 Å². The van der Waals surface area contributed by atoms with Gasteiger partial charge in [-0.05, 0) is 56.3 Å². The highest BCUT2D eigenvalue weighted by Crippen LogP contribution is 2.20. The minimum absolute atomic E-state index is 0.0632. The minimum atomic E-state index is -1.02. The van der Waals surface area contributed by atoms with E-state index in [0.717, 1.165) is 0 Å². The molecule has 1 atom stereocenters. The molecule has 6 nitrogen and oxygen atoms in total. The second kappa shape index (κ2) is 7.94. The summed E-state index contributed by atoms with van der Waals surface area (Å²) in [4.78, 5) is 35.6. The van der Waals surface area contributed by atoms with Gasteiger partial charge in [0, 0.05) is 21.4 Å². The Morgan fingerprint density at radius 1 is 1.12 bits per heavy atom. The number of carbonyl (C=O) groups is 3. The highest BCUT2D eigenvalue weighted by atomic mass is 79.9. The number of amides is 1. The van der Waals surface area contributed by atoms with Gasteiger partial charge in [0.05, 0.1) is 5.56 Å². The summed E-state index contributed by atoms with van der Waals surface area (Å²) in [7, 11) is 0. The first kappa shape index (κ1) is 18.7. The Morgan fingerprint density at radius 2 is 1.76 bits per heavy atom. The molecule has 0 fully saturated rings. The number of anilines is 2. The van der Waals surface area contributed by atoms with Gasteiger partial charge in [0.1, 0.15) is 0 Å². The average molecular weight is 405 g/mol. The van der Waals surface area contributed by atoms with E-state index < -0.39 is 18.0 Å². The Labute approximate surface area is 153 Å². The van der Waals surface area contributed by atoms with E-state index in [9.17, 15) is 14.4 Å². The van der Waals surface area contributed by atoms with Crippen LogP contribution in [-0.4, -0.2) is 23.8 Å². The van der Waals surface area contributed by atoms with Crippen molar-refractivity contribution in [1.29, 1.82) is 0 Å². The van der Waals surface area contributed by atoms with Crippen molar-refractivity contribution in [2.24, 2.45) is 0 Å². The lowest BCUT2D eigenvalue weighted by atomic mass is 10.1. The van der Waals surface area contributed by atoms with E-state index in [0.29, 0.717) is 15.7 Å². The molecule has 0 aliphatic heterocycles. The van der Waals surface area contributed by atoms with Crippen molar-refractivity contribution in [1.82, 2.24) is 0 Å². The normalized spacial score (nSPS) is 11.5. The molecule has 0 radical (unpaired) electrons. The number of nitrogen functional groups attached to an aromatic ring is 1. The number of benzene rings is 2. The maximum absolute atomic E-state index is 12.2. The minimum Gasteiger partial charge on any atom is -0.449 e. The van der Waals surface area contributed by atoms with E-state index >= 15 is 0 Å². The topological polar surface area (TPSA) is 98.5 Å². The van der Waals surface area contributed by atoms with Crippen molar-refractivity contribution in [3.8, 4) is 0 Å². The number of ketones is 1. The zero-order chi connectivity index (χ0) is 18.6. The summed E-state index contributed by atoms with van der Waals surface area (Å²) in [5.41, 5.74) is 7.24. The number of Topliss-reactive ketones (excluding diaryl/α,β-unsaturated/α-hetero) is 1. The Balaban J connectivity index is 2.01. The molecular formula is C18H17BrN2O4. The van der Waals surface area contributed by atoms with Crippen LogP contribution in [0.25, 0.3) is 0 Å². The molecule has 0 heterocycles. The lowest BCUT2D eigenvalue weighted by molar-refractivity contribution is -0.123. The molecule has 0 bridgehead atoms. The third kappa shape index (κ3) is 4.90. The molecule has 2 rings (SSSR count). The highest BCUT2D eigenvalue weighted by Gasteiger charge is 2.20. The molecule has 0 aromatic heterocycles. The molecule has 0 saturated carbocycles. The zero-order valence-electron chi connectivity index (χ0n) is 13.7. The van der Waals surface area contributed by atoms with E-state index in [1.54, 1.807) is 36.4 Å². The summed E-state index contributed by atoms with van der Waals surface area (Å²) in [6.07, 6.45) is -1.02. The fourth-order valence-electron chi connectivity index (χ4n) is 2.01. The Bertz CT molecular complexity index is 818. The van der Waals surface area contributed by atoms with Gasteiger partial charge in [-0.1, -0.05) is 15.9 Å². The zero-order valence-corrected chi connectivity index (χ0v) is 15.3. The van der Waals surface area contributed by atoms with Crippen molar-refractivity contribution in [3.05, 3.63) is 58.1 Å². The summed E-state index contributed by atoms with van der Waals surface area (Å²) in [6.45, 7) is 2.92. The quantitative estimate of drug-likeness (QED) is 0.451. The van der Waals surface area contributed by atoms with Crippen LogP contribution >= 0.6 is 15.9 Å². The van der Waals surface area contributed by atoms with Crippen molar-refractivity contribution in [3.63, 3.8) is 0 Å².